The summed E-state index contributed by atoms with van der Waals surface area (Å²) >= 11 is 2.19. The maximum atomic E-state index is 12.4. The van der Waals surface area contributed by atoms with Crippen LogP contribution in [-0.2, 0) is 0 Å². The highest BCUT2D eigenvalue weighted by atomic mass is 127. The van der Waals surface area contributed by atoms with E-state index in [2.05, 4.69) is 22.6 Å². The van der Waals surface area contributed by atoms with E-state index in [0.29, 0.717) is 22.1 Å². The SMILES string of the molecule is O=c1c2ccc(O)cc2oc2c1oc1ccc(I)cc12. The number of phenols is 1. The lowest BCUT2D eigenvalue weighted by molar-refractivity contribution is 0.474. The van der Waals surface area contributed by atoms with Crippen molar-refractivity contribution in [2.24, 2.45) is 0 Å². The Balaban J connectivity index is 2.30. The summed E-state index contributed by atoms with van der Waals surface area (Å²) in [5.41, 5.74) is 1.36. The first kappa shape index (κ1) is 11.8. The second kappa shape index (κ2) is 3.99. The largest absolute Gasteiger partial charge is 0.508 e. The summed E-state index contributed by atoms with van der Waals surface area (Å²) < 4.78 is 12.4. The molecule has 0 spiro atoms. The molecule has 1 N–H and O–H groups in total. The molecule has 0 amide bonds. The van der Waals surface area contributed by atoms with Crippen molar-refractivity contribution in [3.8, 4) is 5.75 Å². The molecule has 0 unspecified atom stereocenters. The average Bonchev–Trinajstić information content (AvgIpc) is 2.77. The second-order valence-corrected chi connectivity index (χ2v) is 5.76. The molecule has 4 rings (SSSR count). The fourth-order valence-corrected chi connectivity index (χ4v) is 2.80. The van der Waals surface area contributed by atoms with Gasteiger partial charge in [0.05, 0.1) is 10.8 Å². The molecule has 2 aromatic carbocycles. The first-order valence-electron chi connectivity index (χ1n) is 5.91. The Hall–Kier alpha value is -2.02. The fourth-order valence-electron chi connectivity index (χ4n) is 2.31. The van der Waals surface area contributed by atoms with E-state index in [0.717, 1.165) is 8.96 Å². The van der Waals surface area contributed by atoms with Gasteiger partial charge >= 0.3 is 0 Å². The number of aromatic hydroxyl groups is 1. The third kappa shape index (κ3) is 1.56. The first-order chi connectivity index (χ1) is 9.63. The molecule has 0 saturated heterocycles. The van der Waals surface area contributed by atoms with Crippen molar-refractivity contribution >= 4 is 55.7 Å². The van der Waals surface area contributed by atoms with E-state index in [1.807, 2.05) is 18.2 Å². The molecule has 0 fully saturated rings. The van der Waals surface area contributed by atoms with Gasteiger partial charge in [-0.2, -0.15) is 0 Å². The van der Waals surface area contributed by atoms with Crippen LogP contribution in [0, 0.1) is 3.57 Å². The van der Waals surface area contributed by atoms with E-state index in [4.69, 9.17) is 8.83 Å². The summed E-state index contributed by atoms with van der Waals surface area (Å²) in [6.45, 7) is 0. The zero-order chi connectivity index (χ0) is 13.9. The van der Waals surface area contributed by atoms with Crippen molar-refractivity contribution in [3.05, 3.63) is 50.2 Å². The lowest BCUT2D eigenvalue weighted by atomic mass is 10.2. The highest BCUT2D eigenvalue weighted by Gasteiger charge is 2.16. The molecule has 5 heteroatoms. The van der Waals surface area contributed by atoms with Crippen LogP contribution in [0.2, 0.25) is 0 Å². The van der Waals surface area contributed by atoms with E-state index in [9.17, 15) is 9.90 Å². The van der Waals surface area contributed by atoms with Gasteiger partial charge in [0.15, 0.2) is 5.58 Å². The molecular weight excluding hydrogens is 371 g/mol. The zero-order valence-electron chi connectivity index (χ0n) is 10.0. The standard InChI is InChI=1S/C15H7IO4/c16-7-1-4-11-10(5-7)14-15(19-11)13(18)9-3-2-8(17)6-12(9)20-14/h1-6,17H. The minimum absolute atomic E-state index is 0.0578. The minimum Gasteiger partial charge on any atom is -0.508 e. The molecule has 20 heavy (non-hydrogen) atoms. The van der Waals surface area contributed by atoms with Crippen LogP contribution in [0.1, 0.15) is 0 Å². The third-order valence-electron chi connectivity index (χ3n) is 3.23. The van der Waals surface area contributed by atoms with Gasteiger partial charge in [-0.25, -0.2) is 0 Å². The topological polar surface area (TPSA) is 63.6 Å². The zero-order valence-corrected chi connectivity index (χ0v) is 12.2. The Morgan fingerprint density at radius 1 is 0.900 bits per heavy atom. The summed E-state index contributed by atoms with van der Waals surface area (Å²) in [4.78, 5) is 12.4. The first-order valence-corrected chi connectivity index (χ1v) is 6.99. The Kier molecular flexibility index (Phi) is 2.35. The van der Waals surface area contributed by atoms with Crippen LogP contribution < -0.4 is 5.43 Å². The monoisotopic (exact) mass is 378 g/mol. The predicted molar refractivity (Wildman–Crippen MR) is 84.1 cm³/mol. The predicted octanol–water partition coefficient (Wildman–Crippen LogP) is 4.00. The number of furan rings is 1. The van der Waals surface area contributed by atoms with Gasteiger partial charge in [-0.15, -0.1) is 0 Å². The molecule has 0 radical (unpaired) electrons. The number of benzene rings is 2. The summed E-state index contributed by atoms with van der Waals surface area (Å²) in [5, 5.41) is 10.7. The van der Waals surface area contributed by atoms with E-state index in [1.54, 1.807) is 0 Å². The van der Waals surface area contributed by atoms with Crippen molar-refractivity contribution in [3.63, 3.8) is 0 Å². The molecule has 0 aliphatic rings. The number of hydrogen-bond donors (Lipinski definition) is 1. The van der Waals surface area contributed by atoms with Gasteiger partial charge in [0, 0.05) is 9.64 Å². The molecule has 0 aliphatic carbocycles. The molecule has 0 aliphatic heterocycles. The van der Waals surface area contributed by atoms with Crippen molar-refractivity contribution in [1.82, 2.24) is 0 Å². The molecule has 0 saturated carbocycles. The van der Waals surface area contributed by atoms with Crippen LogP contribution in [0.15, 0.2) is 50.0 Å². The second-order valence-electron chi connectivity index (χ2n) is 4.51. The molecule has 4 aromatic rings. The normalized spacial score (nSPS) is 11.7. The maximum absolute atomic E-state index is 12.4. The van der Waals surface area contributed by atoms with Crippen molar-refractivity contribution in [1.29, 1.82) is 0 Å². The van der Waals surface area contributed by atoms with E-state index < -0.39 is 0 Å². The Morgan fingerprint density at radius 2 is 1.70 bits per heavy atom. The van der Waals surface area contributed by atoms with Gasteiger partial charge in [0.25, 0.3) is 0 Å². The average molecular weight is 378 g/mol. The summed E-state index contributed by atoms with van der Waals surface area (Å²) in [6, 6.07) is 10.0. The number of rotatable bonds is 0. The number of phenolic OH excluding ortho intramolecular Hbond substituents is 1. The van der Waals surface area contributed by atoms with Crippen LogP contribution in [0.3, 0.4) is 0 Å². The highest BCUT2D eigenvalue weighted by Crippen LogP contribution is 2.31. The van der Waals surface area contributed by atoms with Gasteiger partial charge in [-0.05, 0) is 52.9 Å². The van der Waals surface area contributed by atoms with Crippen LogP contribution in [0.25, 0.3) is 33.1 Å². The number of hydrogen-bond acceptors (Lipinski definition) is 4. The third-order valence-corrected chi connectivity index (χ3v) is 3.90. The van der Waals surface area contributed by atoms with Crippen LogP contribution in [0.5, 0.6) is 5.75 Å². The van der Waals surface area contributed by atoms with Crippen molar-refractivity contribution < 1.29 is 13.9 Å². The van der Waals surface area contributed by atoms with Crippen LogP contribution in [-0.4, -0.2) is 5.11 Å². The lowest BCUT2D eigenvalue weighted by Gasteiger charge is -1.97. The molecule has 98 valence electrons. The van der Waals surface area contributed by atoms with Gasteiger partial charge in [0.1, 0.15) is 16.9 Å². The summed E-state index contributed by atoms with van der Waals surface area (Å²) in [7, 11) is 0. The van der Waals surface area contributed by atoms with Crippen LogP contribution in [0.4, 0.5) is 0 Å². The van der Waals surface area contributed by atoms with Gasteiger partial charge < -0.3 is 13.9 Å². The molecular formula is C15H7IO4. The highest BCUT2D eigenvalue weighted by molar-refractivity contribution is 14.1. The molecule has 0 atom stereocenters. The van der Waals surface area contributed by atoms with Gasteiger partial charge in [-0.1, -0.05) is 0 Å². The van der Waals surface area contributed by atoms with Crippen molar-refractivity contribution in [2.45, 2.75) is 0 Å². The van der Waals surface area contributed by atoms with E-state index in [-0.39, 0.29) is 16.8 Å². The van der Waals surface area contributed by atoms with Gasteiger partial charge in [-0.3, -0.25) is 4.79 Å². The maximum Gasteiger partial charge on any atom is 0.235 e. The number of fused-ring (bicyclic) bond motifs is 4. The van der Waals surface area contributed by atoms with E-state index >= 15 is 0 Å². The van der Waals surface area contributed by atoms with Gasteiger partial charge in [0.2, 0.25) is 11.0 Å². The quantitative estimate of drug-likeness (QED) is 0.470. The summed E-state index contributed by atoms with van der Waals surface area (Å²) in [5.74, 6) is 0.0578. The van der Waals surface area contributed by atoms with Crippen molar-refractivity contribution in [2.75, 3.05) is 0 Å². The van der Waals surface area contributed by atoms with Crippen LogP contribution >= 0.6 is 22.6 Å². The molecule has 2 aromatic heterocycles. The molecule has 0 bridgehead atoms. The Labute approximate surface area is 125 Å². The lowest BCUT2D eigenvalue weighted by Crippen LogP contribution is -1.99. The smallest absolute Gasteiger partial charge is 0.235 e. The Bertz CT molecular complexity index is 1040. The molecule has 2 heterocycles. The van der Waals surface area contributed by atoms with E-state index in [1.165, 1.54) is 18.2 Å². The minimum atomic E-state index is -0.229. The number of halogens is 1. The fraction of sp³-hybridized carbons (Fsp3) is 0. The summed E-state index contributed by atoms with van der Waals surface area (Å²) in [6.07, 6.45) is 0. The Morgan fingerprint density at radius 3 is 2.55 bits per heavy atom. The molecule has 4 nitrogen and oxygen atoms in total.